The van der Waals surface area contributed by atoms with Gasteiger partial charge in [0.25, 0.3) is 0 Å². The third-order valence-electron chi connectivity index (χ3n) is 5.88. The molecule has 3 aromatic rings. The number of carbonyl (C=O) groups excluding carboxylic acids is 1. The van der Waals surface area contributed by atoms with Crippen LogP contribution in [0.2, 0.25) is 0 Å². The van der Waals surface area contributed by atoms with Crippen molar-refractivity contribution in [1.29, 1.82) is 0 Å². The Morgan fingerprint density at radius 1 is 1.11 bits per heavy atom. The van der Waals surface area contributed by atoms with E-state index in [-0.39, 0.29) is 6.03 Å². The first-order valence-corrected chi connectivity index (χ1v) is 14.3. The van der Waals surface area contributed by atoms with Gasteiger partial charge in [-0.05, 0) is 55.2 Å². The molecule has 1 fully saturated rings. The highest BCUT2D eigenvalue weighted by Gasteiger charge is 2.24. The predicted octanol–water partition coefficient (Wildman–Crippen LogP) is 7.34. The highest BCUT2D eigenvalue weighted by molar-refractivity contribution is 8.01. The standard InChI is InChI=1S/C26H29N3O3S3/c1-18(24(30)31)17-33-23-15-27-25(35-23)28-26(32)29(16-19-7-5-6-8-19)20-11-13-22(14-12-20)34-21-9-3-2-4-10-21/h2-4,9-15,18-19H,5-8,16-17H2,1H3,(H,30,31)(H,27,28,32). The fourth-order valence-corrected chi connectivity index (χ4v) is 6.63. The first-order valence-electron chi connectivity index (χ1n) is 11.7. The Bertz CT molecular complexity index is 1120. The van der Waals surface area contributed by atoms with Crippen LogP contribution in [0.1, 0.15) is 32.6 Å². The lowest BCUT2D eigenvalue weighted by molar-refractivity contribution is -0.140. The van der Waals surface area contributed by atoms with Gasteiger partial charge in [0.1, 0.15) is 0 Å². The van der Waals surface area contributed by atoms with Gasteiger partial charge in [-0.2, -0.15) is 0 Å². The van der Waals surface area contributed by atoms with E-state index >= 15 is 0 Å². The zero-order valence-corrected chi connectivity index (χ0v) is 22.0. The van der Waals surface area contributed by atoms with E-state index in [4.69, 9.17) is 5.11 Å². The van der Waals surface area contributed by atoms with Crippen LogP contribution in [-0.4, -0.2) is 34.4 Å². The minimum atomic E-state index is -0.814. The fraction of sp³-hybridized carbons (Fsp3) is 0.346. The lowest BCUT2D eigenvalue weighted by atomic mass is 10.1. The number of carboxylic acids is 1. The Balaban J connectivity index is 1.43. The molecule has 0 spiro atoms. The Morgan fingerprint density at radius 2 is 1.80 bits per heavy atom. The van der Waals surface area contributed by atoms with Crippen LogP contribution in [0.15, 0.2) is 74.8 Å². The molecule has 2 amide bonds. The number of rotatable bonds is 10. The zero-order chi connectivity index (χ0) is 24.6. The molecule has 0 radical (unpaired) electrons. The number of aromatic nitrogens is 1. The number of thioether (sulfide) groups is 1. The molecule has 1 aliphatic rings. The van der Waals surface area contributed by atoms with E-state index in [1.54, 1.807) is 24.9 Å². The maximum atomic E-state index is 13.3. The van der Waals surface area contributed by atoms with Crippen molar-refractivity contribution >= 4 is 57.7 Å². The van der Waals surface area contributed by atoms with Gasteiger partial charge in [-0.25, -0.2) is 9.78 Å². The topological polar surface area (TPSA) is 82.5 Å². The summed E-state index contributed by atoms with van der Waals surface area (Å²) in [6.07, 6.45) is 6.41. The molecule has 1 aliphatic carbocycles. The molecule has 6 nitrogen and oxygen atoms in total. The Labute approximate surface area is 218 Å². The fourth-order valence-electron chi connectivity index (χ4n) is 3.90. The van der Waals surface area contributed by atoms with Crippen LogP contribution in [-0.2, 0) is 4.79 Å². The molecule has 2 aromatic carbocycles. The van der Waals surface area contributed by atoms with Crippen molar-refractivity contribution in [2.45, 2.75) is 46.6 Å². The van der Waals surface area contributed by atoms with E-state index in [1.165, 1.54) is 40.8 Å². The summed E-state index contributed by atoms with van der Waals surface area (Å²) < 4.78 is 0.887. The molecule has 2 N–H and O–H groups in total. The third kappa shape index (κ3) is 7.49. The number of aliphatic carboxylic acids is 1. The first kappa shape index (κ1) is 25.6. The summed E-state index contributed by atoms with van der Waals surface area (Å²) in [4.78, 5) is 32.8. The van der Waals surface area contributed by atoms with E-state index in [0.29, 0.717) is 23.3 Å². The molecule has 1 atom stereocenters. The number of nitrogens with one attached hydrogen (secondary N) is 1. The lowest BCUT2D eigenvalue weighted by Crippen LogP contribution is -2.38. The van der Waals surface area contributed by atoms with Crippen LogP contribution >= 0.6 is 34.9 Å². The first-order chi connectivity index (χ1) is 17.0. The van der Waals surface area contributed by atoms with Crippen molar-refractivity contribution in [3.8, 4) is 0 Å². The Hall–Kier alpha value is -2.49. The second-order valence-corrected chi connectivity index (χ2v) is 12.1. The number of urea groups is 1. The smallest absolute Gasteiger partial charge is 0.328 e. The van der Waals surface area contributed by atoms with Gasteiger partial charge in [0.15, 0.2) is 5.13 Å². The predicted molar refractivity (Wildman–Crippen MR) is 145 cm³/mol. The van der Waals surface area contributed by atoms with Crippen LogP contribution in [0.5, 0.6) is 0 Å². The van der Waals surface area contributed by atoms with Crippen molar-refractivity contribution in [2.24, 2.45) is 11.8 Å². The van der Waals surface area contributed by atoms with Crippen LogP contribution in [0.3, 0.4) is 0 Å². The number of nitrogens with zero attached hydrogens (tertiary/aromatic N) is 2. The summed E-state index contributed by atoms with van der Waals surface area (Å²) in [5.41, 5.74) is 0.869. The maximum absolute atomic E-state index is 13.3. The van der Waals surface area contributed by atoms with Crippen molar-refractivity contribution in [3.05, 3.63) is 60.8 Å². The van der Waals surface area contributed by atoms with Crippen molar-refractivity contribution in [2.75, 3.05) is 22.5 Å². The van der Waals surface area contributed by atoms with E-state index < -0.39 is 11.9 Å². The van der Waals surface area contributed by atoms with Gasteiger partial charge >= 0.3 is 12.0 Å². The molecule has 0 bridgehead atoms. The van der Waals surface area contributed by atoms with Gasteiger partial charge in [0, 0.05) is 27.8 Å². The molecule has 184 valence electrons. The van der Waals surface area contributed by atoms with Crippen molar-refractivity contribution in [1.82, 2.24) is 4.98 Å². The summed E-state index contributed by atoms with van der Waals surface area (Å²) in [5, 5.41) is 12.6. The summed E-state index contributed by atoms with van der Waals surface area (Å²) in [6, 6.07) is 18.2. The minimum absolute atomic E-state index is 0.190. The van der Waals surface area contributed by atoms with Gasteiger partial charge in [-0.15, -0.1) is 11.8 Å². The summed E-state index contributed by atoms with van der Waals surface area (Å²) >= 11 is 4.51. The van der Waals surface area contributed by atoms with E-state index in [0.717, 1.165) is 27.6 Å². The molecule has 0 aliphatic heterocycles. The molecule has 1 saturated carbocycles. The summed E-state index contributed by atoms with van der Waals surface area (Å²) in [5.74, 6) is -0.290. The quantitative estimate of drug-likeness (QED) is 0.269. The number of amides is 2. The molecule has 1 aromatic heterocycles. The SMILES string of the molecule is CC(CSc1cnc(NC(=O)N(CC2CCCC2)c2ccc(Sc3ccccc3)cc2)s1)C(=O)O. The number of hydrogen-bond donors (Lipinski definition) is 2. The number of benzene rings is 2. The van der Waals surface area contributed by atoms with Crippen LogP contribution in [0.4, 0.5) is 15.6 Å². The maximum Gasteiger partial charge on any atom is 0.328 e. The molecule has 1 heterocycles. The van der Waals surface area contributed by atoms with Gasteiger partial charge in [-0.1, -0.05) is 61.1 Å². The van der Waals surface area contributed by atoms with Gasteiger partial charge < -0.3 is 5.11 Å². The van der Waals surface area contributed by atoms with E-state index in [1.807, 2.05) is 35.2 Å². The second-order valence-electron chi connectivity index (χ2n) is 8.63. The Kier molecular flexibility index (Phi) is 9.12. The number of hydrogen-bond acceptors (Lipinski definition) is 6. The molecular weight excluding hydrogens is 499 g/mol. The second kappa shape index (κ2) is 12.5. The Morgan fingerprint density at radius 3 is 2.49 bits per heavy atom. The highest BCUT2D eigenvalue weighted by Crippen LogP contribution is 2.33. The number of anilines is 2. The number of carboxylic acid groups (broad SMARTS) is 1. The minimum Gasteiger partial charge on any atom is -0.481 e. The normalized spacial score (nSPS) is 14.5. The number of thiazole rings is 1. The van der Waals surface area contributed by atoms with Crippen molar-refractivity contribution < 1.29 is 14.7 Å². The van der Waals surface area contributed by atoms with Crippen LogP contribution in [0, 0.1) is 11.8 Å². The third-order valence-corrected chi connectivity index (χ3v) is 9.27. The lowest BCUT2D eigenvalue weighted by Gasteiger charge is -2.26. The summed E-state index contributed by atoms with van der Waals surface area (Å²) in [6.45, 7) is 2.36. The van der Waals surface area contributed by atoms with Gasteiger partial charge in [0.05, 0.1) is 16.3 Å². The average molecular weight is 528 g/mol. The van der Waals surface area contributed by atoms with Gasteiger partial charge in [-0.3, -0.25) is 15.0 Å². The van der Waals surface area contributed by atoms with Crippen molar-refractivity contribution in [3.63, 3.8) is 0 Å². The monoisotopic (exact) mass is 527 g/mol. The van der Waals surface area contributed by atoms with E-state index in [2.05, 4.69) is 34.6 Å². The molecule has 4 rings (SSSR count). The average Bonchev–Trinajstić information content (AvgIpc) is 3.54. The van der Waals surface area contributed by atoms with E-state index in [9.17, 15) is 9.59 Å². The van der Waals surface area contributed by atoms with Gasteiger partial charge in [0.2, 0.25) is 0 Å². The molecule has 1 unspecified atom stereocenters. The van der Waals surface area contributed by atoms with Crippen LogP contribution in [0.25, 0.3) is 0 Å². The highest BCUT2D eigenvalue weighted by atomic mass is 32.2. The van der Waals surface area contributed by atoms with Crippen LogP contribution < -0.4 is 10.2 Å². The molecule has 35 heavy (non-hydrogen) atoms. The zero-order valence-electron chi connectivity index (χ0n) is 19.6. The number of carbonyl (C=O) groups is 2. The molecule has 0 saturated heterocycles. The summed E-state index contributed by atoms with van der Waals surface area (Å²) in [7, 11) is 0. The molecular formula is C26H29N3O3S3. The largest absolute Gasteiger partial charge is 0.481 e. The molecule has 9 heteroatoms.